The molecular formula is C38H42BrClN16O3. The van der Waals surface area contributed by atoms with E-state index in [0.29, 0.717) is 103 Å². The first kappa shape index (κ1) is 38.7. The van der Waals surface area contributed by atoms with Crippen molar-refractivity contribution in [1.29, 1.82) is 0 Å². The number of anilines is 4. The second-order valence-corrected chi connectivity index (χ2v) is 16.1. The molecule has 4 N–H and O–H groups in total. The summed E-state index contributed by atoms with van der Waals surface area (Å²) in [5.74, 6) is 2.37. The van der Waals surface area contributed by atoms with E-state index < -0.39 is 0 Å². The Morgan fingerprint density at radius 2 is 1.93 bits per heavy atom. The lowest BCUT2D eigenvalue weighted by Crippen LogP contribution is -2.48. The van der Waals surface area contributed by atoms with E-state index in [1.807, 2.05) is 25.4 Å². The fourth-order valence-corrected chi connectivity index (χ4v) is 8.12. The lowest BCUT2D eigenvalue weighted by atomic mass is 10.1. The van der Waals surface area contributed by atoms with E-state index in [2.05, 4.69) is 86.1 Å². The van der Waals surface area contributed by atoms with Crippen LogP contribution in [0, 0.1) is 12.8 Å². The van der Waals surface area contributed by atoms with Crippen LogP contribution in [0.1, 0.15) is 11.4 Å². The fourth-order valence-electron chi connectivity index (χ4n) is 7.54. The molecule has 2 saturated heterocycles. The highest BCUT2D eigenvalue weighted by Gasteiger charge is 2.37. The number of ether oxygens (including phenoxy) is 2. The van der Waals surface area contributed by atoms with Gasteiger partial charge in [-0.05, 0) is 40.5 Å². The molecule has 8 heterocycles. The number of carbonyl (C=O) groups is 1. The van der Waals surface area contributed by atoms with E-state index in [1.54, 1.807) is 39.8 Å². The Kier molecular flexibility index (Phi) is 10.5. The average Bonchev–Trinajstić information content (AvgIpc) is 4.08. The third-order valence-corrected chi connectivity index (χ3v) is 11.5. The zero-order chi connectivity index (χ0) is 40.8. The molecule has 6 aromatic heterocycles. The van der Waals surface area contributed by atoms with Crippen LogP contribution in [0.5, 0.6) is 5.88 Å². The number of benzene rings is 1. The highest BCUT2D eigenvalue weighted by Crippen LogP contribution is 2.33. The monoisotopic (exact) mass is 884 g/mol. The number of fused-ring (bicyclic) bond motifs is 3. The lowest BCUT2D eigenvalue weighted by molar-refractivity contribution is -0.126. The summed E-state index contributed by atoms with van der Waals surface area (Å²) < 4.78 is 16.3. The molecule has 2 atom stereocenters. The standard InChI is InChI=1S/C38H42BrClN16O3/c1-21-5-6-27-28(11-21)47-30(46-27)15-42-37-51-38(49-33-25(39)13-44-56(33)37)54-9-7-53(8-10-54)16-22(2)35(57)55-17-23(29(19-55)58-4)20-59-34-31-26(40)14-41-32(31)48-36(50-34)45-24-12-43-52(3)18-24/h5-6,11-14,18,23,29H,2,7-10,15-17,19-20H2,1,3-4H3,(H,46,47)(H,42,49,51)(H2,41,45,48,50)/t23-,29+/m1/s1. The molecule has 1 aromatic carbocycles. The van der Waals surface area contributed by atoms with Crippen LogP contribution in [-0.2, 0) is 23.1 Å². The Labute approximate surface area is 351 Å². The second-order valence-electron chi connectivity index (χ2n) is 14.8. The van der Waals surface area contributed by atoms with E-state index in [9.17, 15) is 4.79 Å². The SMILES string of the molecule is C=C(CN1CCN(c2nc(NCc3nc4ccc(C)cc4[nH]3)n3ncc(Br)c3n2)CC1)C(=O)N1C[C@H](COc2nc(Nc3cnn(C)c3)nc3[nH]cc(Cl)c23)[C@@H](OC)C1. The number of aromatic nitrogens is 11. The molecule has 2 aliphatic heterocycles. The van der Waals surface area contributed by atoms with Crippen LogP contribution in [0.25, 0.3) is 27.7 Å². The van der Waals surface area contributed by atoms with Crippen LogP contribution in [-0.4, -0.2) is 136 Å². The van der Waals surface area contributed by atoms with Gasteiger partial charge in [-0.15, -0.1) is 0 Å². The Morgan fingerprint density at radius 1 is 1.08 bits per heavy atom. The van der Waals surface area contributed by atoms with Crippen molar-refractivity contribution in [3.63, 3.8) is 0 Å². The molecule has 2 aliphatic rings. The van der Waals surface area contributed by atoms with E-state index in [0.717, 1.165) is 27.0 Å². The first-order valence-electron chi connectivity index (χ1n) is 19.1. The van der Waals surface area contributed by atoms with Gasteiger partial charge < -0.3 is 39.9 Å². The molecule has 0 radical (unpaired) electrons. The van der Waals surface area contributed by atoms with Crippen molar-refractivity contribution in [1.82, 2.24) is 64.1 Å². The average molecular weight is 886 g/mol. The summed E-state index contributed by atoms with van der Waals surface area (Å²) in [4.78, 5) is 50.0. The molecule has 2 fully saturated rings. The summed E-state index contributed by atoms with van der Waals surface area (Å²) in [7, 11) is 3.47. The minimum Gasteiger partial charge on any atom is -0.477 e. The molecule has 0 aliphatic carbocycles. The zero-order valence-corrected chi connectivity index (χ0v) is 35.0. The van der Waals surface area contributed by atoms with E-state index in [-0.39, 0.29) is 24.5 Å². The molecule has 59 heavy (non-hydrogen) atoms. The number of H-pyrrole nitrogens is 2. The normalized spacial score (nSPS) is 17.4. The molecule has 0 spiro atoms. The quantitative estimate of drug-likeness (QED) is 0.119. The van der Waals surface area contributed by atoms with Gasteiger partial charge in [-0.1, -0.05) is 24.2 Å². The van der Waals surface area contributed by atoms with Gasteiger partial charge in [-0.2, -0.15) is 34.6 Å². The number of hydrogen-bond acceptors (Lipinski definition) is 14. The smallest absolute Gasteiger partial charge is 0.250 e. The van der Waals surface area contributed by atoms with Crippen molar-refractivity contribution in [2.24, 2.45) is 13.0 Å². The van der Waals surface area contributed by atoms with Crippen molar-refractivity contribution < 1.29 is 14.3 Å². The van der Waals surface area contributed by atoms with Crippen molar-refractivity contribution in [3.8, 4) is 5.88 Å². The maximum Gasteiger partial charge on any atom is 0.250 e. The predicted octanol–water partition coefficient (Wildman–Crippen LogP) is 4.32. The maximum absolute atomic E-state index is 13.8. The van der Waals surface area contributed by atoms with Crippen molar-refractivity contribution >= 4 is 84.7 Å². The largest absolute Gasteiger partial charge is 0.477 e. The van der Waals surface area contributed by atoms with Gasteiger partial charge in [0.15, 0.2) is 5.65 Å². The zero-order valence-electron chi connectivity index (χ0n) is 32.6. The lowest BCUT2D eigenvalue weighted by Gasteiger charge is -2.35. The summed E-state index contributed by atoms with van der Waals surface area (Å²) >= 11 is 10.1. The van der Waals surface area contributed by atoms with Crippen LogP contribution >= 0.6 is 27.5 Å². The summed E-state index contributed by atoms with van der Waals surface area (Å²) in [6, 6.07) is 6.14. The number of aryl methyl sites for hydroxylation is 2. The molecule has 21 heteroatoms. The van der Waals surface area contributed by atoms with E-state index in [1.165, 1.54) is 5.56 Å². The highest BCUT2D eigenvalue weighted by molar-refractivity contribution is 9.10. The summed E-state index contributed by atoms with van der Waals surface area (Å²) in [6.07, 6.45) is 6.61. The van der Waals surface area contributed by atoms with Gasteiger partial charge in [0, 0.05) is 83.9 Å². The number of rotatable bonds is 13. The molecule has 7 aromatic rings. The summed E-state index contributed by atoms with van der Waals surface area (Å²) in [6.45, 7) is 11.0. The molecule has 0 saturated carbocycles. The molecule has 306 valence electrons. The summed E-state index contributed by atoms with van der Waals surface area (Å²) in [5.41, 5.74) is 5.50. The van der Waals surface area contributed by atoms with Crippen LogP contribution in [0.3, 0.4) is 0 Å². The van der Waals surface area contributed by atoms with Crippen LogP contribution in [0.4, 0.5) is 23.5 Å². The number of methoxy groups -OCH3 is 1. The van der Waals surface area contributed by atoms with Crippen LogP contribution in [0.15, 0.2) is 59.6 Å². The van der Waals surface area contributed by atoms with E-state index >= 15 is 0 Å². The predicted molar refractivity (Wildman–Crippen MR) is 226 cm³/mol. The fraction of sp³-hybridized carbons (Fsp3) is 0.368. The number of hydrogen-bond donors (Lipinski definition) is 4. The summed E-state index contributed by atoms with van der Waals surface area (Å²) in [5, 5.41) is 16.2. The van der Waals surface area contributed by atoms with Gasteiger partial charge in [0.05, 0.1) is 63.3 Å². The molecule has 0 unspecified atom stereocenters. The van der Waals surface area contributed by atoms with Gasteiger partial charge in [0.25, 0.3) is 5.91 Å². The number of carbonyl (C=O) groups excluding carboxylic acids is 1. The number of likely N-dealkylation sites (tertiary alicyclic amines) is 1. The minimum atomic E-state index is -0.238. The van der Waals surface area contributed by atoms with E-state index in [4.69, 9.17) is 36.0 Å². The molecule has 9 rings (SSSR count). The number of halogens is 2. The minimum absolute atomic E-state index is 0.104. The number of piperazine rings is 1. The molecular weight excluding hydrogens is 844 g/mol. The van der Waals surface area contributed by atoms with Gasteiger partial charge >= 0.3 is 0 Å². The third-order valence-electron chi connectivity index (χ3n) is 10.6. The second kappa shape index (κ2) is 16.1. The van der Waals surface area contributed by atoms with Crippen molar-refractivity contribution in [2.75, 3.05) is 75.1 Å². The number of aromatic amines is 2. The van der Waals surface area contributed by atoms with Crippen molar-refractivity contribution in [2.45, 2.75) is 19.6 Å². The van der Waals surface area contributed by atoms with Crippen molar-refractivity contribution in [3.05, 3.63) is 76.0 Å². The van der Waals surface area contributed by atoms with Crippen LogP contribution in [0.2, 0.25) is 5.02 Å². The van der Waals surface area contributed by atoms with Gasteiger partial charge in [-0.3, -0.25) is 14.4 Å². The molecule has 1 amide bonds. The highest BCUT2D eigenvalue weighted by atomic mass is 79.9. The van der Waals surface area contributed by atoms with Gasteiger partial charge in [0.1, 0.15) is 11.5 Å². The molecule has 0 bridgehead atoms. The Morgan fingerprint density at radius 3 is 2.73 bits per heavy atom. The number of nitrogens with one attached hydrogen (secondary N) is 4. The van der Waals surface area contributed by atoms with Gasteiger partial charge in [0.2, 0.25) is 23.7 Å². The number of nitrogens with zero attached hydrogens (tertiary/aromatic N) is 12. The first-order chi connectivity index (χ1) is 28.6. The molecule has 19 nitrogen and oxygen atoms in total. The Hall–Kier alpha value is -5.83. The maximum atomic E-state index is 13.8. The Balaban J connectivity index is 0.804. The first-order valence-corrected chi connectivity index (χ1v) is 20.3. The Bertz CT molecular complexity index is 2680. The number of amides is 1. The number of imidazole rings is 1. The van der Waals surface area contributed by atoms with Crippen LogP contribution < -0.4 is 20.3 Å². The van der Waals surface area contributed by atoms with Gasteiger partial charge in [-0.25, -0.2) is 4.98 Å². The topological polar surface area (TPSA) is 200 Å². The third kappa shape index (κ3) is 7.99.